The van der Waals surface area contributed by atoms with Crippen molar-refractivity contribution in [3.05, 3.63) is 30.1 Å². The number of nitrogens with zero attached hydrogens (tertiary/aromatic N) is 6. The first kappa shape index (κ1) is 13.1. The third-order valence-corrected chi connectivity index (χ3v) is 2.31. The molecule has 2 aromatic rings. The quantitative estimate of drug-likeness (QED) is 0.875. The molecule has 0 aliphatic carbocycles. The fourth-order valence-electron chi connectivity index (χ4n) is 1.34. The Hall–Kier alpha value is -2.33. The summed E-state index contributed by atoms with van der Waals surface area (Å²) in [4.78, 5) is 12.2. The van der Waals surface area contributed by atoms with E-state index in [9.17, 15) is 0 Å². The van der Waals surface area contributed by atoms with Crippen LogP contribution in [0.2, 0.25) is 0 Å². The molecular formula is C12H15N7. The molecule has 7 nitrogen and oxygen atoms in total. The maximum atomic E-state index is 8.65. The molecule has 7 heteroatoms. The lowest BCUT2D eigenvalue weighted by Crippen LogP contribution is -2.35. The van der Waals surface area contributed by atoms with Crippen LogP contribution < -0.4 is 5.32 Å². The van der Waals surface area contributed by atoms with Gasteiger partial charge in [0.1, 0.15) is 12.4 Å². The van der Waals surface area contributed by atoms with E-state index in [0.717, 1.165) is 5.56 Å². The van der Waals surface area contributed by atoms with Gasteiger partial charge in [-0.1, -0.05) is 0 Å². The van der Waals surface area contributed by atoms with Crippen LogP contribution in [0, 0.1) is 11.3 Å². The summed E-state index contributed by atoms with van der Waals surface area (Å²) < 4.78 is 1.37. The van der Waals surface area contributed by atoms with Gasteiger partial charge in [0.05, 0.1) is 0 Å². The van der Waals surface area contributed by atoms with Crippen LogP contribution in [-0.2, 0) is 6.54 Å². The zero-order chi connectivity index (χ0) is 13.9. The molecule has 0 saturated carbocycles. The van der Waals surface area contributed by atoms with Crippen LogP contribution in [0.3, 0.4) is 0 Å². The molecule has 0 saturated heterocycles. The smallest absolute Gasteiger partial charge is 0.252 e. The molecule has 0 radical (unpaired) electrons. The average Bonchev–Trinajstić information content (AvgIpc) is 2.85. The number of nitriles is 1. The van der Waals surface area contributed by atoms with Crippen LogP contribution in [0.25, 0.3) is 5.95 Å². The Morgan fingerprint density at radius 3 is 2.47 bits per heavy atom. The highest BCUT2D eigenvalue weighted by molar-refractivity contribution is 5.15. The van der Waals surface area contributed by atoms with E-state index >= 15 is 0 Å². The Bertz CT molecular complexity index is 586. The number of hydrogen-bond donors (Lipinski definition) is 1. The number of rotatable bonds is 3. The highest BCUT2D eigenvalue weighted by atomic mass is 15.4. The number of nitrogens with one attached hydrogen (secondary N) is 1. The molecule has 0 spiro atoms. The molecule has 0 atom stereocenters. The second-order valence-electron chi connectivity index (χ2n) is 5.12. The monoisotopic (exact) mass is 257 g/mol. The minimum Gasteiger partial charge on any atom is -0.308 e. The Morgan fingerprint density at radius 2 is 1.95 bits per heavy atom. The van der Waals surface area contributed by atoms with Crippen molar-refractivity contribution in [2.45, 2.75) is 32.9 Å². The fraction of sp³-hybridized carbons (Fsp3) is 0.417. The molecule has 2 rings (SSSR count). The van der Waals surface area contributed by atoms with Gasteiger partial charge in [0, 0.05) is 30.0 Å². The van der Waals surface area contributed by atoms with E-state index in [1.807, 2.05) is 6.07 Å². The van der Waals surface area contributed by atoms with Crippen LogP contribution in [0.15, 0.2) is 18.7 Å². The van der Waals surface area contributed by atoms with Crippen LogP contribution in [0.4, 0.5) is 0 Å². The first-order valence-electron chi connectivity index (χ1n) is 5.86. The van der Waals surface area contributed by atoms with Gasteiger partial charge in [-0.3, -0.25) is 0 Å². The topological polar surface area (TPSA) is 92.3 Å². The summed E-state index contributed by atoms with van der Waals surface area (Å²) in [5, 5.41) is 15.9. The van der Waals surface area contributed by atoms with Crippen molar-refractivity contribution < 1.29 is 0 Å². The zero-order valence-corrected chi connectivity index (χ0v) is 11.1. The van der Waals surface area contributed by atoms with Crippen molar-refractivity contribution in [2.75, 3.05) is 0 Å². The van der Waals surface area contributed by atoms with E-state index in [-0.39, 0.29) is 11.4 Å². The van der Waals surface area contributed by atoms with Crippen molar-refractivity contribution in [1.82, 2.24) is 30.0 Å². The maximum Gasteiger partial charge on any atom is 0.252 e. The highest BCUT2D eigenvalue weighted by Gasteiger charge is 2.09. The summed E-state index contributed by atoms with van der Waals surface area (Å²) in [6.45, 7) is 6.99. The van der Waals surface area contributed by atoms with Crippen LogP contribution in [-0.4, -0.2) is 30.3 Å². The molecule has 0 aliphatic heterocycles. The second-order valence-corrected chi connectivity index (χ2v) is 5.12. The zero-order valence-electron chi connectivity index (χ0n) is 11.1. The Balaban J connectivity index is 2.08. The lowest BCUT2D eigenvalue weighted by molar-refractivity contribution is 0.423. The van der Waals surface area contributed by atoms with Gasteiger partial charge in [-0.15, -0.1) is 5.10 Å². The summed E-state index contributed by atoms with van der Waals surface area (Å²) in [6.07, 6.45) is 4.88. The third-order valence-electron chi connectivity index (χ3n) is 2.31. The van der Waals surface area contributed by atoms with Crippen molar-refractivity contribution in [3.8, 4) is 12.0 Å². The molecule has 0 amide bonds. The van der Waals surface area contributed by atoms with Gasteiger partial charge in [0.15, 0.2) is 0 Å². The van der Waals surface area contributed by atoms with Gasteiger partial charge in [0.25, 0.3) is 11.8 Å². The molecule has 0 aromatic carbocycles. The largest absolute Gasteiger partial charge is 0.308 e. The van der Waals surface area contributed by atoms with Crippen LogP contribution >= 0.6 is 0 Å². The highest BCUT2D eigenvalue weighted by Crippen LogP contribution is 2.04. The lowest BCUT2D eigenvalue weighted by atomic mass is 10.1. The van der Waals surface area contributed by atoms with Gasteiger partial charge >= 0.3 is 0 Å². The summed E-state index contributed by atoms with van der Waals surface area (Å²) in [7, 11) is 0. The van der Waals surface area contributed by atoms with Gasteiger partial charge < -0.3 is 5.32 Å². The van der Waals surface area contributed by atoms with E-state index in [4.69, 9.17) is 5.26 Å². The molecule has 0 bridgehead atoms. The minimum atomic E-state index is 0.0479. The molecule has 1 N–H and O–H groups in total. The minimum absolute atomic E-state index is 0.0479. The van der Waals surface area contributed by atoms with Crippen LogP contribution in [0.1, 0.15) is 32.2 Å². The Labute approximate surface area is 111 Å². The van der Waals surface area contributed by atoms with E-state index < -0.39 is 0 Å². The van der Waals surface area contributed by atoms with E-state index in [1.54, 1.807) is 12.4 Å². The fourth-order valence-corrected chi connectivity index (χ4v) is 1.34. The standard InChI is InChI=1S/C12H15N7/c1-12(2,3)17-7-9-5-14-11(15-6-9)19-8-16-10(4-13)18-19/h5-6,8,17H,7H2,1-3H3. The van der Waals surface area contributed by atoms with Crippen LogP contribution in [0.5, 0.6) is 0 Å². The maximum absolute atomic E-state index is 8.65. The first-order chi connectivity index (χ1) is 8.98. The predicted octanol–water partition coefficient (Wildman–Crippen LogP) is 0.817. The summed E-state index contributed by atoms with van der Waals surface area (Å²) in [5.74, 6) is 0.496. The second kappa shape index (κ2) is 5.12. The predicted molar refractivity (Wildman–Crippen MR) is 68.3 cm³/mol. The normalized spacial score (nSPS) is 11.3. The number of aromatic nitrogens is 5. The molecule has 2 aromatic heterocycles. The SMILES string of the molecule is CC(C)(C)NCc1cnc(-n2cnc(C#N)n2)nc1. The third kappa shape index (κ3) is 3.56. The Morgan fingerprint density at radius 1 is 1.26 bits per heavy atom. The molecular weight excluding hydrogens is 242 g/mol. The van der Waals surface area contributed by atoms with Gasteiger partial charge in [-0.25, -0.2) is 15.0 Å². The van der Waals surface area contributed by atoms with Crippen molar-refractivity contribution >= 4 is 0 Å². The molecule has 0 fully saturated rings. The summed E-state index contributed by atoms with van der Waals surface area (Å²) in [6, 6.07) is 1.86. The average molecular weight is 257 g/mol. The molecule has 0 aliphatic rings. The van der Waals surface area contributed by atoms with E-state index in [1.165, 1.54) is 11.0 Å². The molecule has 2 heterocycles. The van der Waals surface area contributed by atoms with Crippen molar-refractivity contribution in [1.29, 1.82) is 5.26 Å². The van der Waals surface area contributed by atoms with Gasteiger partial charge in [-0.05, 0) is 20.8 Å². The number of hydrogen-bond acceptors (Lipinski definition) is 6. The Kier molecular flexibility index (Phi) is 3.53. The van der Waals surface area contributed by atoms with Gasteiger partial charge in [0.2, 0.25) is 0 Å². The molecule has 0 unspecified atom stereocenters. The van der Waals surface area contributed by atoms with Crippen molar-refractivity contribution in [3.63, 3.8) is 0 Å². The summed E-state index contributed by atoms with van der Waals surface area (Å²) in [5.41, 5.74) is 1.03. The van der Waals surface area contributed by atoms with E-state index in [0.29, 0.717) is 12.5 Å². The molecule has 19 heavy (non-hydrogen) atoms. The lowest BCUT2D eigenvalue weighted by Gasteiger charge is -2.20. The summed E-state index contributed by atoms with van der Waals surface area (Å²) >= 11 is 0. The van der Waals surface area contributed by atoms with E-state index in [2.05, 4.69) is 46.1 Å². The molecule has 98 valence electrons. The van der Waals surface area contributed by atoms with Crippen molar-refractivity contribution in [2.24, 2.45) is 0 Å². The van der Waals surface area contributed by atoms with Gasteiger partial charge in [-0.2, -0.15) is 9.94 Å². The first-order valence-corrected chi connectivity index (χ1v) is 5.86.